The fourth-order valence-electron chi connectivity index (χ4n) is 1.81. The molecule has 1 aromatic rings. The zero-order valence-corrected chi connectivity index (χ0v) is 9.13. The van der Waals surface area contributed by atoms with Gasteiger partial charge in [-0.25, -0.2) is 0 Å². The van der Waals surface area contributed by atoms with Crippen molar-refractivity contribution in [1.29, 1.82) is 5.26 Å². The molecule has 17 heavy (non-hydrogen) atoms. The molecule has 0 N–H and O–H groups in total. The Hall–Kier alpha value is -2.13. The quantitative estimate of drug-likeness (QED) is 0.568. The number of hydrogen-bond donors (Lipinski definition) is 0. The average Bonchev–Trinajstić information content (AvgIpc) is 2.39. The Kier molecular flexibility index (Phi) is 3.21. The Labute approximate surface area is 98.2 Å². The van der Waals surface area contributed by atoms with Crippen molar-refractivity contribution in [3.05, 3.63) is 33.9 Å². The monoisotopic (exact) mass is 233 g/mol. The van der Waals surface area contributed by atoms with E-state index >= 15 is 0 Å². The Morgan fingerprint density at radius 2 is 2.12 bits per heavy atom. The molecule has 0 spiro atoms. The zero-order valence-electron chi connectivity index (χ0n) is 9.13. The van der Waals surface area contributed by atoms with Crippen molar-refractivity contribution in [2.24, 2.45) is 0 Å². The van der Waals surface area contributed by atoms with E-state index < -0.39 is 4.92 Å². The van der Waals surface area contributed by atoms with Crippen LogP contribution < -0.4 is 4.90 Å². The molecule has 0 aliphatic carbocycles. The smallest absolute Gasteiger partial charge is 0.270 e. The summed E-state index contributed by atoms with van der Waals surface area (Å²) >= 11 is 0. The van der Waals surface area contributed by atoms with Gasteiger partial charge in [-0.3, -0.25) is 10.1 Å². The van der Waals surface area contributed by atoms with E-state index in [9.17, 15) is 10.1 Å². The lowest BCUT2D eigenvalue weighted by molar-refractivity contribution is -0.384. The second-order valence-corrected chi connectivity index (χ2v) is 3.67. The minimum Gasteiger partial charge on any atom is -0.378 e. The van der Waals surface area contributed by atoms with E-state index in [0.717, 1.165) is 5.69 Å². The van der Waals surface area contributed by atoms with Crippen LogP contribution in [0.4, 0.5) is 11.4 Å². The molecule has 1 aliphatic heterocycles. The van der Waals surface area contributed by atoms with E-state index in [-0.39, 0.29) is 5.69 Å². The lowest BCUT2D eigenvalue weighted by atomic mass is 10.1. The van der Waals surface area contributed by atoms with Crippen LogP contribution in [-0.4, -0.2) is 31.2 Å². The third kappa shape index (κ3) is 2.34. The normalized spacial score (nSPS) is 15.4. The average molecular weight is 233 g/mol. The molecule has 0 amide bonds. The lowest BCUT2D eigenvalue weighted by Gasteiger charge is -2.29. The summed E-state index contributed by atoms with van der Waals surface area (Å²) < 4.78 is 5.22. The molecule has 1 aromatic carbocycles. The Morgan fingerprint density at radius 1 is 1.41 bits per heavy atom. The van der Waals surface area contributed by atoms with Gasteiger partial charge in [0.2, 0.25) is 0 Å². The van der Waals surface area contributed by atoms with Crippen molar-refractivity contribution in [1.82, 2.24) is 0 Å². The number of nitriles is 1. The van der Waals surface area contributed by atoms with Crippen molar-refractivity contribution in [3.8, 4) is 6.07 Å². The van der Waals surface area contributed by atoms with Crippen molar-refractivity contribution in [3.63, 3.8) is 0 Å². The fourth-order valence-corrected chi connectivity index (χ4v) is 1.81. The van der Waals surface area contributed by atoms with Crippen LogP contribution in [0.1, 0.15) is 5.56 Å². The van der Waals surface area contributed by atoms with E-state index in [1.54, 1.807) is 6.07 Å². The molecule has 2 rings (SSSR count). The summed E-state index contributed by atoms with van der Waals surface area (Å²) in [6.07, 6.45) is 0. The van der Waals surface area contributed by atoms with Gasteiger partial charge in [-0.15, -0.1) is 0 Å². The first kappa shape index (κ1) is 11.4. The molecule has 1 fully saturated rings. The van der Waals surface area contributed by atoms with Crippen LogP contribution >= 0.6 is 0 Å². The van der Waals surface area contributed by atoms with Crippen molar-refractivity contribution in [2.75, 3.05) is 31.2 Å². The molecule has 1 heterocycles. The highest BCUT2D eigenvalue weighted by Gasteiger charge is 2.17. The van der Waals surface area contributed by atoms with Gasteiger partial charge in [0.1, 0.15) is 6.07 Å². The first-order valence-electron chi connectivity index (χ1n) is 5.23. The number of anilines is 1. The molecule has 0 radical (unpaired) electrons. The predicted molar refractivity (Wildman–Crippen MR) is 60.8 cm³/mol. The summed E-state index contributed by atoms with van der Waals surface area (Å²) in [7, 11) is 0. The second kappa shape index (κ2) is 4.80. The maximum absolute atomic E-state index is 10.6. The van der Waals surface area contributed by atoms with Crippen LogP contribution in [0, 0.1) is 21.4 Å². The predicted octanol–water partition coefficient (Wildman–Crippen LogP) is 1.30. The number of benzene rings is 1. The molecule has 1 aliphatic rings. The third-order valence-corrected chi connectivity index (χ3v) is 2.66. The van der Waals surface area contributed by atoms with Crippen molar-refractivity contribution < 1.29 is 9.66 Å². The van der Waals surface area contributed by atoms with E-state index in [0.29, 0.717) is 31.9 Å². The highest BCUT2D eigenvalue weighted by molar-refractivity contribution is 5.63. The van der Waals surface area contributed by atoms with E-state index in [1.807, 2.05) is 11.0 Å². The van der Waals surface area contributed by atoms with Crippen molar-refractivity contribution in [2.45, 2.75) is 0 Å². The number of nitrogens with zero attached hydrogens (tertiary/aromatic N) is 3. The summed E-state index contributed by atoms with van der Waals surface area (Å²) in [6, 6.07) is 6.36. The first-order chi connectivity index (χ1) is 8.22. The Bertz CT molecular complexity index is 475. The molecule has 0 saturated carbocycles. The van der Waals surface area contributed by atoms with Gasteiger partial charge in [-0.05, 0) is 6.07 Å². The maximum Gasteiger partial charge on any atom is 0.270 e. The van der Waals surface area contributed by atoms with Crippen LogP contribution in [0.15, 0.2) is 18.2 Å². The number of hydrogen-bond acceptors (Lipinski definition) is 5. The molecular formula is C11H11N3O3. The van der Waals surface area contributed by atoms with E-state index in [1.165, 1.54) is 12.1 Å². The first-order valence-corrected chi connectivity index (χ1v) is 5.23. The highest BCUT2D eigenvalue weighted by atomic mass is 16.6. The third-order valence-electron chi connectivity index (χ3n) is 2.66. The number of ether oxygens (including phenoxy) is 1. The standard InChI is InChI=1S/C11H11N3O3/c12-8-9-7-10(14(15)16)1-2-11(9)13-3-5-17-6-4-13/h1-2,7H,3-6H2. The number of rotatable bonds is 2. The van der Waals surface area contributed by atoms with Gasteiger partial charge < -0.3 is 9.64 Å². The lowest BCUT2D eigenvalue weighted by Crippen LogP contribution is -2.36. The zero-order chi connectivity index (χ0) is 12.3. The van der Waals surface area contributed by atoms with Gasteiger partial charge in [0.15, 0.2) is 0 Å². The van der Waals surface area contributed by atoms with Crippen LogP contribution in [0.2, 0.25) is 0 Å². The van der Waals surface area contributed by atoms with Crippen LogP contribution in [0.5, 0.6) is 0 Å². The Balaban J connectivity index is 2.34. The van der Waals surface area contributed by atoms with Gasteiger partial charge in [0, 0.05) is 25.2 Å². The summed E-state index contributed by atoms with van der Waals surface area (Å²) in [5.74, 6) is 0. The molecule has 88 valence electrons. The minimum atomic E-state index is -0.496. The molecule has 0 atom stereocenters. The summed E-state index contributed by atoms with van der Waals surface area (Å²) in [4.78, 5) is 12.1. The molecule has 1 saturated heterocycles. The maximum atomic E-state index is 10.6. The molecular weight excluding hydrogens is 222 g/mol. The minimum absolute atomic E-state index is 0.0569. The van der Waals surface area contributed by atoms with Crippen LogP contribution in [-0.2, 0) is 4.74 Å². The van der Waals surface area contributed by atoms with Gasteiger partial charge in [-0.2, -0.15) is 5.26 Å². The number of non-ortho nitro benzene ring substituents is 1. The number of morpholine rings is 1. The van der Waals surface area contributed by atoms with E-state index in [2.05, 4.69) is 0 Å². The van der Waals surface area contributed by atoms with Crippen LogP contribution in [0.3, 0.4) is 0 Å². The molecule has 0 unspecified atom stereocenters. The molecule has 6 heteroatoms. The number of nitro groups is 1. The number of nitro benzene ring substituents is 1. The molecule has 0 aromatic heterocycles. The summed E-state index contributed by atoms with van der Waals surface area (Å²) in [6.45, 7) is 2.63. The van der Waals surface area contributed by atoms with Crippen LogP contribution in [0.25, 0.3) is 0 Å². The second-order valence-electron chi connectivity index (χ2n) is 3.67. The largest absolute Gasteiger partial charge is 0.378 e. The SMILES string of the molecule is N#Cc1cc([N+](=O)[O-])ccc1N1CCOCC1. The summed E-state index contributed by atoms with van der Waals surface area (Å²) in [5.41, 5.74) is 1.01. The molecule has 0 bridgehead atoms. The highest BCUT2D eigenvalue weighted by Crippen LogP contribution is 2.25. The summed E-state index contributed by atoms with van der Waals surface area (Å²) in [5, 5.41) is 19.6. The Morgan fingerprint density at radius 3 is 2.71 bits per heavy atom. The topological polar surface area (TPSA) is 79.4 Å². The van der Waals surface area contributed by atoms with E-state index in [4.69, 9.17) is 10.00 Å². The van der Waals surface area contributed by atoms with Gasteiger partial charge in [0.05, 0.1) is 29.4 Å². The van der Waals surface area contributed by atoms with Crippen molar-refractivity contribution >= 4 is 11.4 Å². The van der Waals surface area contributed by atoms with Gasteiger partial charge >= 0.3 is 0 Å². The van der Waals surface area contributed by atoms with Gasteiger partial charge in [-0.1, -0.05) is 0 Å². The fraction of sp³-hybridized carbons (Fsp3) is 0.364. The van der Waals surface area contributed by atoms with Gasteiger partial charge in [0.25, 0.3) is 5.69 Å². The molecule has 6 nitrogen and oxygen atoms in total.